The van der Waals surface area contributed by atoms with Crippen LogP contribution in [0.2, 0.25) is 5.02 Å². The van der Waals surface area contributed by atoms with Gasteiger partial charge in [-0.1, -0.05) is 50.6 Å². The van der Waals surface area contributed by atoms with Crippen molar-refractivity contribution in [1.82, 2.24) is 15.1 Å². The lowest BCUT2D eigenvalue weighted by Crippen LogP contribution is -2.60. The van der Waals surface area contributed by atoms with Crippen LogP contribution in [0.25, 0.3) is 16.9 Å². The molecular weight excluding hydrogens is 539 g/mol. The van der Waals surface area contributed by atoms with Gasteiger partial charge in [-0.15, -0.1) is 0 Å². The molecule has 1 aromatic heterocycles. The Kier molecular flexibility index (Phi) is 6.94. The normalized spacial score (nSPS) is 22.5. The van der Waals surface area contributed by atoms with Crippen LogP contribution in [0.5, 0.6) is 0 Å². The Labute approximate surface area is 243 Å². The van der Waals surface area contributed by atoms with Gasteiger partial charge in [0.15, 0.2) is 0 Å². The van der Waals surface area contributed by atoms with E-state index in [-0.39, 0.29) is 17.8 Å². The lowest BCUT2D eigenvalue weighted by molar-refractivity contribution is -0.113. The van der Waals surface area contributed by atoms with Crippen molar-refractivity contribution in [2.24, 2.45) is 23.2 Å². The zero-order valence-electron chi connectivity index (χ0n) is 23.2. The van der Waals surface area contributed by atoms with E-state index in [0.29, 0.717) is 56.3 Å². The summed E-state index contributed by atoms with van der Waals surface area (Å²) >= 11 is 6.45. The molecule has 0 saturated heterocycles. The van der Waals surface area contributed by atoms with Gasteiger partial charge < -0.3 is 10.6 Å². The summed E-state index contributed by atoms with van der Waals surface area (Å²) in [5, 5.41) is 11.1. The summed E-state index contributed by atoms with van der Waals surface area (Å²) in [5.41, 5.74) is 3.16. The third-order valence-corrected chi connectivity index (χ3v) is 9.57. The van der Waals surface area contributed by atoms with Crippen molar-refractivity contribution in [2.45, 2.75) is 39.7 Å². The maximum Gasteiger partial charge on any atom is 0.259 e. The van der Waals surface area contributed by atoms with E-state index in [4.69, 9.17) is 11.6 Å². The van der Waals surface area contributed by atoms with Crippen molar-refractivity contribution < 1.29 is 14.0 Å². The smallest absolute Gasteiger partial charge is 0.259 e. The number of anilines is 1. The first kappa shape index (κ1) is 27.2. The van der Waals surface area contributed by atoms with Gasteiger partial charge in [0.25, 0.3) is 11.8 Å². The molecule has 8 heteroatoms. The van der Waals surface area contributed by atoms with Crippen LogP contribution in [0, 0.1) is 29.0 Å². The SMILES string of the molecule is C[C@@H]1[C@H]2CC(C[C@H]1NC(=O)c1cc(NC(=O)c3cn(-c4ccccc4)nc3-c3ccc(F)cc3)ccc1Cl)C2(C)C. The molecule has 0 aliphatic heterocycles. The standard InChI is InChI=1S/C33H32ClFN4O2/c1-19-27-15-21(33(27,2)3)16-29(19)37-31(40)25-17-23(13-14-28(25)34)36-32(41)26-18-39(24-7-5-4-6-8-24)38-30(26)20-9-11-22(35)12-10-20/h4-14,17-19,21,27,29H,15-16H2,1-3H3,(H,36,41)(H,37,40)/t19-,21?,27-,29-/m1/s1. The van der Waals surface area contributed by atoms with Crippen LogP contribution >= 0.6 is 11.6 Å². The van der Waals surface area contributed by atoms with E-state index in [0.717, 1.165) is 12.1 Å². The second-order valence-corrected chi connectivity index (χ2v) is 12.3. The van der Waals surface area contributed by atoms with E-state index < -0.39 is 5.91 Å². The Morgan fingerprint density at radius 1 is 0.976 bits per heavy atom. The predicted octanol–water partition coefficient (Wildman–Crippen LogP) is 7.38. The number of fused-ring (bicyclic) bond motifs is 2. The van der Waals surface area contributed by atoms with Crippen molar-refractivity contribution in [1.29, 1.82) is 0 Å². The molecule has 210 valence electrons. The second kappa shape index (κ2) is 10.5. The van der Waals surface area contributed by atoms with Gasteiger partial charge in [0, 0.05) is 23.5 Å². The van der Waals surface area contributed by atoms with Gasteiger partial charge in [0.05, 0.1) is 21.8 Å². The highest BCUT2D eigenvalue weighted by Crippen LogP contribution is 2.61. The third-order valence-electron chi connectivity index (χ3n) is 9.24. The van der Waals surface area contributed by atoms with Crippen molar-refractivity contribution in [2.75, 3.05) is 5.32 Å². The minimum atomic E-state index is -0.414. The van der Waals surface area contributed by atoms with Gasteiger partial charge in [0.1, 0.15) is 11.5 Å². The van der Waals surface area contributed by atoms with Crippen molar-refractivity contribution in [3.63, 3.8) is 0 Å². The van der Waals surface area contributed by atoms with E-state index in [1.54, 1.807) is 41.2 Å². The first-order chi connectivity index (χ1) is 19.6. The summed E-state index contributed by atoms with van der Waals surface area (Å²) in [4.78, 5) is 26.9. The monoisotopic (exact) mass is 570 g/mol. The van der Waals surface area contributed by atoms with Gasteiger partial charge in [-0.3, -0.25) is 9.59 Å². The largest absolute Gasteiger partial charge is 0.349 e. The Balaban J connectivity index is 1.24. The molecule has 3 aliphatic carbocycles. The average Bonchev–Trinajstić information content (AvgIpc) is 3.41. The highest BCUT2D eigenvalue weighted by Gasteiger charge is 2.56. The highest BCUT2D eigenvalue weighted by atomic mass is 35.5. The number of carbonyl (C=O) groups is 2. The van der Waals surface area contributed by atoms with Crippen LogP contribution in [0.1, 0.15) is 54.3 Å². The molecule has 0 spiro atoms. The molecule has 2 N–H and O–H groups in total. The average molecular weight is 571 g/mol. The Morgan fingerprint density at radius 3 is 2.39 bits per heavy atom. The van der Waals surface area contributed by atoms with Gasteiger partial charge in [-0.2, -0.15) is 5.10 Å². The molecule has 2 bridgehead atoms. The number of rotatable bonds is 6. The molecule has 1 unspecified atom stereocenters. The quantitative estimate of drug-likeness (QED) is 0.254. The number of benzene rings is 3. The van der Waals surface area contributed by atoms with Crippen LogP contribution in [-0.4, -0.2) is 27.6 Å². The molecule has 3 fully saturated rings. The fraction of sp³-hybridized carbons (Fsp3) is 0.303. The molecular formula is C33H32ClFN4O2. The lowest BCUT2D eigenvalue weighted by atomic mass is 9.45. The molecule has 3 saturated carbocycles. The zero-order chi connectivity index (χ0) is 28.9. The van der Waals surface area contributed by atoms with E-state index >= 15 is 0 Å². The number of nitrogens with one attached hydrogen (secondary N) is 2. The van der Waals surface area contributed by atoms with E-state index in [1.165, 1.54) is 18.6 Å². The van der Waals surface area contributed by atoms with Crippen molar-refractivity contribution in [3.8, 4) is 16.9 Å². The zero-order valence-corrected chi connectivity index (χ0v) is 24.0. The Bertz CT molecular complexity index is 1620. The molecule has 4 atom stereocenters. The first-order valence-corrected chi connectivity index (χ1v) is 14.3. The van der Waals surface area contributed by atoms with Gasteiger partial charge in [0.2, 0.25) is 0 Å². The maximum absolute atomic E-state index is 13.6. The third kappa shape index (κ3) is 5.04. The minimum absolute atomic E-state index is 0.0932. The fourth-order valence-electron chi connectivity index (χ4n) is 6.64. The van der Waals surface area contributed by atoms with Crippen LogP contribution in [-0.2, 0) is 0 Å². The van der Waals surface area contributed by atoms with Crippen molar-refractivity contribution >= 4 is 29.1 Å². The number of halogens is 2. The minimum Gasteiger partial charge on any atom is -0.349 e. The highest BCUT2D eigenvalue weighted by molar-refractivity contribution is 6.34. The number of aromatic nitrogens is 2. The van der Waals surface area contributed by atoms with Crippen LogP contribution in [0.3, 0.4) is 0 Å². The molecule has 41 heavy (non-hydrogen) atoms. The summed E-state index contributed by atoms with van der Waals surface area (Å²) in [6.07, 6.45) is 3.83. The molecule has 2 amide bonds. The Hall–Kier alpha value is -3.97. The molecule has 7 rings (SSSR count). The second-order valence-electron chi connectivity index (χ2n) is 11.9. The van der Waals surface area contributed by atoms with Crippen LogP contribution in [0.4, 0.5) is 10.1 Å². The van der Waals surface area contributed by atoms with E-state index in [1.807, 2.05) is 30.3 Å². The number of para-hydroxylation sites is 1. The predicted molar refractivity (Wildman–Crippen MR) is 159 cm³/mol. The summed E-state index contributed by atoms with van der Waals surface area (Å²) in [7, 11) is 0. The molecule has 4 aromatic rings. The number of carbonyl (C=O) groups excluding carboxylic acids is 2. The number of nitrogens with zero attached hydrogens (tertiary/aromatic N) is 2. The first-order valence-electron chi connectivity index (χ1n) is 13.9. The van der Waals surface area contributed by atoms with Crippen molar-refractivity contribution in [3.05, 3.63) is 101 Å². The summed E-state index contributed by atoms with van der Waals surface area (Å²) in [5.74, 6) is 0.556. The van der Waals surface area contributed by atoms with Gasteiger partial charge in [-0.25, -0.2) is 9.07 Å². The molecule has 0 radical (unpaired) electrons. The Morgan fingerprint density at radius 2 is 1.71 bits per heavy atom. The molecule has 1 heterocycles. The molecule has 6 nitrogen and oxygen atoms in total. The van der Waals surface area contributed by atoms with Gasteiger partial charge >= 0.3 is 0 Å². The fourth-order valence-corrected chi connectivity index (χ4v) is 6.84. The summed E-state index contributed by atoms with van der Waals surface area (Å²) < 4.78 is 15.2. The molecule has 3 aliphatic rings. The van der Waals surface area contributed by atoms with E-state index in [9.17, 15) is 14.0 Å². The number of hydrogen-bond donors (Lipinski definition) is 2. The maximum atomic E-state index is 13.6. The molecule has 3 aromatic carbocycles. The van der Waals surface area contributed by atoms with Crippen LogP contribution < -0.4 is 10.6 Å². The number of amides is 2. The lowest BCUT2D eigenvalue weighted by Gasteiger charge is -2.62. The summed E-state index contributed by atoms with van der Waals surface area (Å²) in [6, 6.07) is 20.2. The summed E-state index contributed by atoms with van der Waals surface area (Å²) in [6.45, 7) is 6.88. The van der Waals surface area contributed by atoms with Crippen LogP contribution in [0.15, 0.2) is 79.0 Å². The van der Waals surface area contributed by atoms with Gasteiger partial charge in [-0.05, 0) is 90.6 Å². The topological polar surface area (TPSA) is 76.0 Å². The number of hydrogen-bond acceptors (Lipinski definition) is 3. The van der Waals surface area contributed by atoms with E-state index in [2.05, 4.69) is 36.5 Å².